The Bertz CT molecular complexity index is 498. The van der Waals surface area contributed by atoms with Crippen LogP contribution in [-0.2, 0) is 14.3 Å². The maximum absolute atomic E-state index is 11.7. The molecule has 0 saturated heterocycles. The second-order valence-electron chi connectivity index (χ2n) is 4.96. The van der Waals surface area contributed by atoms with E-state index in [1.165, 1.54) is 0 Å². The van der Waals surface area contributed by atoms with E-state index in [0.29, 0.717) is 6.61 Å². The Hall–Kier alpha value is -2.04. The van der Waals surface area contributed by atoms with Crippen molar-refractivity contribution in [3.8, 4) is 0 Å². The van der Waals surface area contributed by atoms with Gasteiger partial charge in [0.2, 0.25) is 5.91 Å². The number of esters is 1. The van der Waals surface area contributed by atoms with Gasteiger partial charge in [-0.1, -0.05) is 6.07 Å². The second-order valence-corrected chi connectivity index (χ2v) is 4.96. The van der Waals surface area contributed by atoms with E-state index in [-0.39, 0.29) is 17.8 Å². The SMILES string of the molecule is CCOC(=O)[C@H](C)Nc1cccc(NC(=O)C2CC2)c1. The molecule has 1 aromatic rings. The molecule has 20 heavy (non-hydrogen) atoms. The molecule has 1 atom stereocenters. The largest absolute Gasteiger partial charge is 0.464 e. The third kappa shape index (κ3) is 3.98. The van der Waals surface area contributed by atoms with Crippen LogP contribution >= 0.6 is 0 Å². The minimum atomic E-state index is -0.427. The highest BCUT2D eigenvalue weighted by atomic mass is 16.5. The van der Waals surface area contributed by atoms with Crippen molar-refractivity contribution in [2.45, 2.75) is 32.7 Å². The van der Waals surface area contributed by atoms with Gasteiger partial charge in [-0.15, -0.1) is 0 Å². The summed E-state index contributed by atoms with van der Waals surface area (Å²) < 4.78 is 4.94. The van der Waals surface area contributed by atoms with Crippen LogP contribution in [0.15, 0.2) is 24.3 Å². The molecular formula is C15H20N2O3. The number of carbonyl (C=O) groups is 2. The number of amides is 1. The maximum atomic E-state index is 11.7. The van der Waals surface area contributed by atoms with Crippen molar-refractivity contribution in [2.24, 2.45) is 5.92 Å². The Labute approximate surface area is 118 Å². The minimum Gasteiger partial charge on any atom is -0.464 e. The van der Waals surface area contributed by atoms with Gasteiger partial charge in [-0.05, 0) is 44.9 Å². The summed E-state index contributed by atoms with van der Waals surface area (Å²) in [6.07, 6.45) is 1.95. The molecule has 0 radical (unpaired) electrons. The van der Waals surface area contributed by atoms with Crippen LogP contribution in [0, 0.1) is 5.92 Å². The van der Waals surface area contributed by atoms with Gasteiger partial charge in [0.05, 0.1) is 6.61 Å². The fourth-order valence-corrected chi connectivity index (χ4v) is 1.85. The smallest absolute Gasteiger partial charge is 0.328 e. The number of hydrogen-bond acceptors (Lipinski definition) is 4. The molecule has 0 heterocycles. The topological polar surface area (TPSA) is 67.4 Å². The fraction of sp³-hybridized carbons (Fsp3) is 0.467. The van der Waals surface area contributed by atoms with E-state index in [1.807, 2.05) is 24.3 Å². The number of ether oxygens (including phenoxy) is 1. The molecule has 1 aliphatic rings. The number of carbonyl (C=O) groups excluding carboxylic acids is 2. The molecule has 2 N–H and O–H groups in total. The van der Waals surface area contributed by atoms with Crippen LogP contribution in [-0.4, -0.2) is 24.5 Å². The number of nitrogens with one attached hydrogen (secondary N) is 2. The lowest BCUT2D eigenvalue weighted by Crippen LogP contribution is -2.28. The molecule has 0 unspecified atom stereocenters. The summed E-state index contributed by atoms with van der Waals surface area (Å²) in [4.78, 5) is 23.2. The molecule has 1 fully saturated rings. The molecule has 0 aromatic heterocycles. The summed E-state index contributed by atoms with van der Waals surface area (Å²) in [5.74, 6) is -0.0504. The van der Waals surface area contributed by atoms with E-state index in [2.05, 4.69) is 10.6 Å². The van der Waals surface area contributed by atoms with Gasteiger partial charge < -0.3 is 15.4 Å². The van der Waals surface area contributed by atoms with Gasteiger partial charge in [0.25, 0.3) is 0 Å². The first kappa shape index (κ1) is 14.4. The highest BCUT2D eigenvalue weighted by molar-refractivity contribution is 5.94. The van der Waals surface area contributed by atoms with Gasteiger partial charge in [-0.25, -0.2) is 4.79 Å². The third-order valence-corrected chi connectivity index (χ3v) is 3.10. The van der Waals surface area contributed by atoms with Crippen LogP contribution in [0.5, 0.6) is 0 Å². The van der Waals surface area contributed by atoms with Gasteiger partial charge >= 0.3 is 5.97 Å². The molecular weight excluding hydrogens is 256 g/mol. The third-order valence-electron chi connectivity index (χ3n) is 3.10. The zero-order valence-electron chi connectivity index (χ0n) is 11.8. The molecule has 5 nitrogen and oxygen atoms in total. The van der Waals surface area contributed by atoms with Crippen LogP contribution in [0.1, 0.15) is 26.7 Å². The molecule has 0 bridgehead atoms. The number of benzene rings is 1. The van der Waals surface area contributed by atoms with Crippen molar-refractivity contribution in [1.29, 1.82) is 0 Å². The Morgan fingerprint density at radius 2 is 2.05 bits per heavy atom. The monoisotopic (exact) mass is 276 g/mol. The summed E-state index contributed by atoms with van der Waals surface area (Å²) >= 11 is 0. The Kier molecular flexibility index (Phi) is 4.61. The molecule has 5 heteroatoms. The highest BCUT2D eigenvalue weighted by Crippen LogP contribution is 2.30. The van der Waals surface area contributed by atoms with Gasteiger partial charge in [0, 0.05) is 17.3 Å². The second kappa shape index (κ2) is 6.41. The van der Waals surface area contributed by atoms with Crippen molar-refractivity contribution < 1.29 is 14.3 Å². The van der Waals surface area contributed by atoms with E-state index in [9.17, 15) is 9.59 Å². The zero-order valence-corrected chi connectivity index (χ0v) is 11.8. The van der Waals surface area contributed by atoms with Gasteiger partial charge in [0.15, 0.2) is 0 Å². The van der Waals surface area contributed by atoms with Crippen molar-refractivity contribution in [2.75, 3.05) is 17.2 Å². The quantitative estimate of drug-likeness (QED) is 0.783. The zero-order chi connectivity index (χ0) is 14.5. The molecule has 1 amide bonds. The van der Waals surface area contributed by atoms with Crippen LogP contribution in [0.25, 0.3) is 0 Å². The maximum Gasteiger partial charge on any atom is 0.328 e. The lowest BCUT2D eigenvalue weighted by atomic mass is 10.2. The number of anilines is 2. The highest BCUT2D eigenvalue weighted by Gasteiger charge is 2.29. The molecule has 1 saturated carbocycles. The standard InChI is InChI=1S/C15H20N2O3/c1-3-20-15(19)10(2)16-12-5-4-6-13(9-12)17-14(18)11-7-8-11/h4-6,9-11,16H,3,7-8H2,1-2H3,(H,17,18)/t10-/m0/s1. The van der Waals surface area contributed by atoms with Crippen molar-refractivity contribution in [3.63, 3.8) is 0 Å². The summed E-state index contributed by atoms with van der Waals surface area (Å²) in [6, 6.07) is 6.91. The summed E-state index contributed by atoms with van der Waals surface area (Å²) in [5, 5.41) is 5.94. The van der Waals surface area contributed by atoms with E-state index in [4.69, 9.17) is 4.74 Å². The predicted molar refractivity (Wildman–Crippen MR) is 77.5 cm³/mol. The minimum absolute atomic E-state index is 0.0700. The van der Waals surface area contributed by atoms with Crippen LogP contribution in [0.4, 0.5) is 11.4 Å². The van der Waals surface area contributed by atoms with Crippen LogP contribution in [0.3, 0.4) is 0 Å². The first-order chi connectivity index (χ1) is 9.60. The Morgan fingerprint density at radius 3 is 2.70 bits per heavy atom. The Balaban J connectivity index is 1.94. The molecule has 0 aliphatic heterocycles. The van der Waals surface area contributed by atoms with E-state index < -0.39 is 6.04 Å². The van der Waals surface area contributed by atoms with E-state index in [0.717, 1.165) is 24.2 Å². The summed E-state index contributed by atoms with van der Waals surface area (Å²) in [5.41, 5.74) is 1.52. The first-order valence-corrected chi connectivity index (χ1v) is 6.94. The average molecular weight is 276 g/mol. The van der Waals surface area contributed by atoms with Gasteiger partial charge in [0.1, 0.15) is 6.04 Å². The summed E-state index contributed by atoms with van der Waals surface area (Å²) in [7, 11) is 0. The number of rotatable bonds is 6. The molecule has 2 rings (SSSR count). The summed E-state index contributed by atoms with van der Waals surface area (Å²) in [6.45, 7) is 3.88. The Morgan fingerprint density at radius 1 is 1.35 bits per heavy atom. The predicted octanol–water partition coefficient (Wildman–Crippen LogP) is 2.40. The molecule has 108 valence electrons. The van der Waals surface area contributed by atoms with Crippen LogP contribution in [0.2, 0.25) is 0 Å². The van der Waals surface area contributed by atoms with Crippen molar-refractivity contribution >= 4 is 23.3 Å². The normalized spacial score (nSPS) is 15.3. The van der Waals surface area contributed by atoms with Gasteiger partial charge in [-0.3, -0.25) is 4.79 Å². The van der Waals surface area contributed by atoms with Crippen LogP contribution < -0.4 is 10.6 Å². The van der Waals surface area contributed by atoms with Crippen molar-refractivity contribution in [1.82, 2.24) is 0 Å². The lowest BCUT2D eigenvalue weighted by molar-refractivity contribution is -0.143. The first-order valence-electron chi connectivity index (χ1n) is 6.94. The molecule has 1 aromatic carbocycles. The van der Waals surface area contributed by atoms with E-state index >= 15 is 0 Å². The van der Waals surface area contributed by atoms with E-state index in [1.54, 1.807) is 13.8 Å². The molecule has 0 spiro atoms. The van der Waals surface area contributed by atoms with Gasteiger partial charge in [-0.2, -0.15) is 0 Å². The van der Waals surface area contributed by atoms with Crippen molar-refractivity contribution in [3.05, 3.63) is 24.3 Å². The number of hydrogen-bond donors (Lipinski definition) is 2. The molecule has 1 aliphatic carbocycles. The lowest BCUT2D eigenvalue weighted by Gasteiger charge is -2.14. The average Bonchev–Trinajstić information content (AvgIpc) is 3.23. The fourth-order valence-electron chi connectivity index (χ4n) is 1.85.